The van der Waals surface area contributed by atoms with E-state index in [9.17, 15) is 4.79 Å². The maximum atomic E-state index is 11.8. The monoisotopic (exact) mass is 310 g/mol. The van der Waals surface area contributed by atoms with Crippen LogP contribution in [0.3, 0.4) is 0 Å². The minimum atomic E-state index is -0.00851. The van der Waals surface area contributed by atoms with Crippen LogP contribution in [0.15, 0.2) is 0 Å². The van der Waals surface area contributed by atoms with Crippen LogP contribution in [0.4, 0.5) is 0 Å². The molecule has 0 aromatic heterocycles. The number of unbranched alkanes of at least 4 members (excludes halogenated alkanes) is 6. The van der Waals surface area contributed by atoms with Crippen LogP contribution in [-0.2, 0) is 14.3 Å². The van der Waals surface area contributed by atoms with E-state index in [1.165, 1.54) is 32.1 Å². The Morgan fingerprint density at radius 3 is 2.59 bits per heavy atom. The van der Waals surface area contributed by atoms with E-state index in [0.717, 1.165) is 25.7 Å². The van der Waals surface area contributed by atoms with Gasteiger partial charge in [-0.1, -0.05) is 52.4 Å². The van der Waals surface area contributed by atoms with Crippen molar-refractivity contribution in [2.45, 2.75) is 96.7 Å². The summed E-state index contributed by atoms with van der Waals surface area (Å²) in [6.07, 6.45) is 11.8. The molecule has 2 aliphatic rings. The first-order chi connectivity index (χ1) is 10.5. The number of carbonyl (C=O) groups excluding carboxylic acids is 1. The average Bonchev–Trinajstić information content (AvgIpc) is 3.13. The fraction of sp³-hybridized carbons (Fsp3) is 0.947. The molecule has 128 valence electrons. The summed E-state index contributed by atoms with van der Waals surface area (Å²) in [4.78, 5) is 11.8. The predicted molar refractivity (Wildman–Crippen MR) is 88.7 cm³/mol. The predicted octanol–water partition coefficient (Wildman–Crippen LogP) is 4.87. The van der Waals surface area contributed by atoms with Crippen molar-refractivity contribution in [1.82, 2.24) is 0 Å². The highest BCUT2D eigenvalue weighted by atomic mass is 16.6. The summed E-state index contributed by atoms with van der Waals surface area (Å²) < 4.78 is 11.3. The van der Waals surface area contributed by atoms with Gasteiger partial charge < -0.3 is 9.47 Å². The first-order valence-electron chi connectivity index (χ1n) is 9.38. The number of hydrogen-bond donors (Lipinski definition) is 0. The third-order valence-corrected chi connectivity index (χ3v) is 5.53. The van der Waals surface area contributed by atoms with Crippen molar-refractivity contribution in [2.75, 3.05) is 6.61 Å². The molecule has 22 heavy (non-hydrogen) atoms. The van der Waals surface area contributed by atoms with Crippen LogP contribution in [0.1, 0.15) is 85.0 Å². The van der Waals surface area contributed by atoms with Gasteiger partial charge in [-0.2, -0.15) is 0 Å². The van der Waals surface area contributed by atoms with Gasteiger partial charge in [0.2, 0.25) is 0 Å². The molecule has 1 aliphatic heterocycles. The van der Waals surface area contributed by atoms with Crippen molar-refractivity contribution in [3.05, 3.63) is 0 Å². The number of rotatable bonds is 10. The van der Waals surface area contributed by atoms with Crippen molar-refractivity contribution in [2.24, 2.45) is 11.8 Å². The number of fused-ring (bicyclic) bond motifs is 1. The molecule has 2 fully saturated rings. The zero-order chi connectivity index (χ0) is 16.0. The molecule has 0 aromatic rings. The Kier molecular flexibility index (Phi) is 6.73. The van der Waals surface area contributed by atoms with Crippen LogP contribution in [-0.4, -0.2) is 24.3 Å². The lowest BCUT2D eigenvalue weighted by molar-refractivity contribution is -0.146. The van der Waals surface area contributed by atoms with Crippen molar-refractivity contribution < 1.29 is 14.3 Å². The molecule has 0 N–H and O–H groups in total. The molecule has 1 aliphatic carbocycles. The van der Waals surface area contributed by atoms with E-state index in [4.69, 9.17) is 9.47 Å². The average molecular weight is 310 g/mol. The van der Waals surface area contributed by atoms with Gasteiger partial charge in [-0.25, -0.2) is 0 Å². The normalized spacial score (nSPS) is 33.3. The summed E-state index contributed by atoms with van der Waals surface area (Å²) in [5.41, 5.74) is 0.137. The third-order valence-electron chi connectivity index (χ3n) is 5.53. The molecule has 1 saturated carbocycles. The van der Waals surface area contributed by atoms with Crippen LogP contribution in [0.25, 0.3) is 0 Å². The van der Waals surface area contributed by atoms with Gasteiger partial charge in [0.25, 0.3) is 0 Å². The second kappa shape index (κ2) is 8.33. The summed E-state index contributed by atoms with van der Waals surface area (Å²) in [5, 5.41) is 0. The second-order valence-corrected chi connectivity index (χ2v) is 7.65. The van der Waals surface area contributed by atoms with E-state index in [0.29, 0.717) is 31.0 Å². The number of hydrogen-bond acceptors (Lipinski definition) is 3. The van der Waals surface area contributed by atoms with Crippen LogP contribution < -0.4 is 0 Å². The van der Waals surface area contributed by atoms with Gasteiger partial charge in [-0.3, -0.25) is 4.79 Å². The third kappa shape index (κ3) is 5.26. The van der Waals surface area contributed by atoms with Crippen LogP contribution >= 0.6 is 0 Å². The lowest BCUT2D eigenvalue weighted by atomic mass is 9.76. The maximum Gasteiger partial charge on any atom is 0.305 e. The molecule has 3 heteroatoms. The molecule has 1 saturated heterocycles. The number of carbonyl (C=O) groups is 1. The molecular formula is C19H34O3. The van der Waals surface area contributed by atoms with Gasteiger partial charge in [-0.05, 0) is 38.0 Å². The van der Waals surface area contributed by atoms with Crippen molar-refractivity contribution >= 4 is 5.97 Å². The second-order valence-electron chi connectivity index (χ2n) is 7.65. The van der Waals surface area contributed by atoms with Gasteiger partial charge in [0.05, 0.1) is 18.3 Å². The van der Waals surface area contributed by atoms with E-state index >= 15 is 0 Å². The SMILES string of the molecule is CCCCCCCCCC(=O)OCC1CC2OC2(C)CC1C. The van der Waals surface area contributed by atoms with Crippen LogP contribution in [0.2, 0.25) is 0 Å². The fourth-order valence-corrected chi connectivity index (χ4v) is 3.81. The van der Waals surface area contributed by atoms with E-state index in [1.54, 1.807) is 0 Å². The maximum absolute atomic E-state index is 11.8. The Morgan fingerprint density at radius 2 is 1.86 bits per heavy atom. The highest BCUT2D eigenvalue weighted by Crippen LogP contribution is 2.51. The number of epoxide rings is 1. The van der Waals surface area contributed by atoms with Gasteiger partial charge in [0.1, 0.15) is 0 Å². The number of esters is 1. The zero-order valence-electron chi connectivity index (χ0n) is 14.7. The van der Waals surface area contributed by atoms with Crippen molar-refractivity contribution in [3.8, 4) is 0 Å². The zero-order valence-corrected chi connectivity index (χ0v) is 14.7. The Balaban J connectivity index is 1.49. The highest BCUT2D eigenvalue weighted by molar-refractivity contribution is 5.69. The van der Waals surface area contributed by atoms with E-state index in [1.807, 2.05) is 0 Å². The highest BCUT2D eigenvalue weighted by Gasteiger charge is 2.57. The topological polar surface area (TPSA) is 38.8 Å². The fourth-order valence-electron chi connectivity index (χ4n) is 3.81. The Labute approximate surface area is 136 Å². The first kappa shape index (κ1) is 17.8. The summed E-state index contributed by atoms with van der Waals surface area (Å²) in [6, 6.07) is 0. The van der Waals surface area contributed by atoms with Gasteiger partial charge in [0.15, 0.2) is 0 Å². The lowest BCUT2D eigenvalue weighted by Gasteiger charge is -2.28. The largest absolute Gasteiger partial charge is 0.465 e. The molecule has 0 aromatic carbocycles. The quantitative estimate of drug-likeness (QED) is 0.328. The smallest absolute Gasteiger partial charge is 0.305 e. The Bertz CT molecular complexity index is 355. The summed E-state index contributed by atoms with van der Waals surface area (Å²) in [6.45, 7) is 7.29. The molecule has 0 spiro atoms. The molecule has 0 radical (unpaired) electrons. The van der Waals surface area contributed by atoms with E-state index in [-0.39, 0.29) is 11.6 Å². The molecule has 4 unspecified atom stereocenters. The van der Waals surface area contributed by atoms with Crippen LogP contribution in [0, 0.1) is 11.8 Å². The molecule has 0 amide bonds. The van der Waals surface area contributed by atoms with E-state index < -0.39 is 0 Å². The van der Waals surface area contributed by atoms with Crippen molar-refractivity contribution in [1.29, 1.82) is 0 Å². The molecule has 3 nitrogen and oxygen atoms in total. The molecule has 0 bridgehead atoms. The Morgan fingerprint density at radius 1 is 1.18 bits per heavy atom. The summed E-state index contributed by atoms with van der Waals surface area (Å²) in [5.74, 6) is 1.07. The standard InChI is InChI=1S/C19H34O3/c1-4-5-6-7-8-9-10-11-18(20)21-14-16-12-17-19(3,22-17)13-15(16)2/h15-17H,4-14H2,1-3H3. The van der Waals surface area contributed by atoms with Gasteiger partial charge in [-0.15, -0.1) is 0 Å². The number of ether oxygens (including phenoxy) is 2. The summed E-state index contributed by atoms with van der Waals surface area (Å²) >= 11 is 0. The molecule has 2 rings (SSSR count). The molecular weight excluding hydrogens is 276 g/mol. The molecule has 4 atom stereocenters. The van der Waals surface area contributed by atoms with Crippen molar-refractivity contribution in [3.63, 3.8) is 0 Å². The first-order valence-corrected chi connectivity index (χ1v) is 9.38. The summed E-state index contributed by atoms with van der Waals surface area (Å²) in [7, 11) is 0. The van der Waals surface area contributed by atoms with Gasteiger partial charge in [0, 0.05) is 6.42 Å². The minimum Gasteiger partial charge on any atom is -0.465 e. The molecule has 1 heterocycles. The van der Waals surface area contributed by atoms with Crippen LogP contribution in [0.5, 0.6) is 0 Å². The van der Waals surface area contributed by atoms with E-state index in [2.05, 4.69) is 20.8 Å². The Hall–Kier alpha value is -0.570. The lowest BCUT2D eigenvalue weighted by Crippen LogP contribution is -2.31. The minimum absolute atomic E-state index is 0.00851. The van der Waals surface area contributed by atoms with Gasteiger partial charge >= 0.3 is 5.97 Å².